The lowest BCUT2D eigenvalue weighted by Crippen LogP contribution is -2.24. The smallest absolute Gasteiger partial charge is 0.310 e. The van der Waals surface area contributed by atoms with Crippen molar-refractivity contribution < 1.29 is 24.7 Å². The van der Waals surface area contributed by atoms with E-state index in [1.165, 1.54) is 6.07 Å². The van der Waals surface area contributed by atoms with Crippen LogP contribution in [0.1, 0.15) is 23.2 Å². The first-order valence-electron chi connectivity index (χ1n) is 5.39. The number of carboxylic acids is 1. The van der Waals surface area contributed by atoms with Crippen LogP contribution < -0.4 is 5.32 Å². The molecule has 1 amide bonds. The minimum Gasteiger partial charge on any atom is -0.502 e. The highest BCUT2D eigenvalue weighted by molar-refractivity contribution is 5.95. The van der Waals surface area contributed by atoms with Crippen LogP contribution in [0.4, 0.5) is 5.69 Å². The van der Waals surface area contributed by atoms with E-state index in [1.807, 2.05) is 0 Å². The van der Waals surface area contributed by atoms with Crippen molar-refractivity contribution >= 4 is 17.6 Å². The van der Waals surface area contributed by atoms with E-state index in [0.717, 1.165) is 12.1 Å². The Morgan fingerprint density at radius 2 is 2.05 bits per heavy atom. The molecule has 0 aliphatic carbocycles. The van der Waals surface area contributed by atoms with E-state index >= 15 is 0 Å². The number of carbonyl (C=O) groups excluding carboxylic acids is 1. The summed E-state index contributed by atoms with van der Waals surface area (Å²) >= 11 is 0. The van der Waals surface area contributed by atoms with Crippen molar-refractivity contribution in [3.05, 3.63) is 33.9 Å². The summed E-state index contributed by atoms with van der Waals surface area (Å²) in [5.41, 5.74) is -0.416. The third-order valence-corrected chi connectivity index (χ3v) is 2.29. The molecule has 0 radical (unpaired) electrons. The Bertz CT molecular complexity index is 514. The van der Waals surface area contributed by atoms with Gasteiger partial charge < -0.3 is 15.5 Å². The van der Waals surface area contributed by atoms with Gasteiger partial charge in [-0.15, -0.1) is 0 Å². The van der Waals surface area contributed by atoms with Gasteiger partial charge in [0, 0.05) is 24.6 Å². The summed E-state index contributed by atoms with van der Waals surface area (Å²) in [6.45, 7) is 0.170. The second-order valence-electron chi connectivity index (χ2n) is 3.71. The number of aromatic hydroxyl groups is 1. The summed E-state index contributed by atoms with van der Waals surface area (Å²) < 4.78 is 0. The SMILES string of the molecule is O=C(O)CCCNC(=O)c1ccc([N+](=O)[O-])c(O)c1. The molecular formula is C11H12N2O6. The number of phenols is 1. The fourth-order valence-electron chi connectivity index (χ4n) is 1.36. The van der Waals surface area contributed by atoms with Crippen molar-refractivity contribution in [3.63, 3.8) is 0 Å². The lowest BCUT2D eigenvalue weighted by molar-refractivity contribution is -0.385. The third kappa shape index (κ3) is 4.26. The molecule has 1 rings (SSSR count). The van der Waals surface area contributed by atoms with E-state index in [4.69, 9.17) is 5.11 Å². The summed E-state index contributed by atoms with van der Waals surface area (Å²) in [6.07, 6.45) is 0.214. The van der Waals surface area contributed by atoms with E-state index in [0.29, 0.717) is 0 Å². The fourth-order valence-corrected chi connectivity index (χ4v) is 1.36. The molecule has 8 nitrogen and oxygen atoms in total. The number of nitro groups is 1. The van der Waals surface area contributed by atoms with Crippen molar-refractivity contribution in [2.75, 3.05) is 6.54 Å². The highest BCUT2D eigenvalue weighted by Crippen LogP contribution is 2.26. The van der Waals surface area contributed by atoms with Gasteiger partial charge in [-0.3, -0.25) is 19.7 Å². The number of rotatable bonds is 6. The standard InChI is InChI=1S/C11H12N2O6/c14-9-6-7(3-4-8(9)13(18)19)11(17)12-5-1-2-10(15)16/h3-4,6,14H,1-2,5H2,(H,12,17)(H,15,16). The second kappa shape index (κ2) is 6.34. The van der Waals surface area contributed by atoms with E-state index < -0.39 is 28.2 Å². The van der Waals surface area contributed by atoms with Crippen LogP contribution in [0.15, 0.2) is 18.2 Å². The van der Waals surface area contributed by atoms with Crippen LogP contribution in [-0.4, -0.2) is 33.6 Å². The number of nitrogens with zero attached hydrogens (tertiary/aromatic N) is 1. The maximum Gasteiger partial charge on any atom is 0.310 e. The van der Waals surface area contributed by atoms with E-state index in [2.05, 4.69) is 5.32 Å². The number of hydrogen-bond donors (Lipinski definition) is 3. The van der Waals surface area contributed by atoms with Gasteiger partial charge in [0.15, 0.2) is 5.75 Å². The van der Waals surface area contributed by atoms with Crippen LogP contribution in [0.5, 0.6) is 5.75 Å². The first-order chi connectivity index (χ1) is 8.91. The summed E-state index contributed by atoms with van der Waals surface area (Å²) in [5, 5.41) is 30.7. The molecule has 0 heterocycles. The predicted molar refractivity (Wildman–Crippen MR) is 64.0 cm³/mol. The van der Waals surface area contributed by atoms with Crippen molar-refractivity contribution in [1.82, 2.24) is 5.32 Å². The Morgan fingerprint density at radius 3 is 2.58 bits per heavy atom. The van der Waals surface area contributed by atoms with Crippen LogP contribution in [-0.2, 0) is 4.79 Å². The summed E-state index contributed by atoms with van der Waals surface area (Å²) in [6, 6.07) is 3.23. The largest absolute Gasteiger partial charge is 0.502 e. The number of carbonyl (C=O) groups is 2. The van der Waals surface area contributed by atoms with Crippen molar-refractivity contribution in [3.8, 4) is 5.75 Å². The number of phenolic OH excluding ortho intramolecular Hbond substituents is 1. The van der Waals surface area contributed by atoms with Gasteiger partial charge in [0.25, 0.3) is 5.91 Å². The number of nitrogens with one attached hydrogen (secondary N) is 1. The minimum absolute atomic E-state index is 0.0637. The Labute approximate surface area is 107 Å². The number of hydrogen-bond acceptors (Lipinski definition) is 5. The Morgan fingerprint density at radius 1 is 1.37 bits per heavy atom. The first-order valence-corrected chi connectivity index (χ1v) is 5.39. The molecule has 0 fully saturated rings. The summed E-state index contributed by atoms with van der Waals surface area (Å²) in [5.74, 6) is -2.08. The normalized spacial score (nSPS) is 9.89. The van der Waals surface area contributed by atoms with E-state index in [9.17, 15) is 24.8 Å². The first kappa shape index (κ1) is 14.4. The quantitative estimate of drug-likeness (QED) is 0.399. The fraction of sp³-hybridized carbons (Fsp3) is 0.273. The van der Waals surface area contributed by atoms with Gasteiger partial charge in [-0.2, -0.15) is 0 Å². The van der Waals surface area contributed by atoms with Gasteiger partial charge in [0.05, 0.1) is 4.92 Å². The molecule has 0 spiro atoms. The molecule has 102 valence electrons. The van der Waals surface area contributed by atoms with Crippen molar-refractivity contribution in [2.45, 2.75) is 12.8 Å². The van der Waals surface area contributed by atoms with Gasteiger partial charge in [0.2, 0.25) is 0 Å². The number of nitro benzene ring substituents is 1. The topological polar surface area (TPSA) is 130 Å². The van der Waals surface area contributed by atoms with Crippen LogP contribution in [0.3, 0.4) is 0 Å². The monoisotopic (exact) mass is 268 g/mol. The average molecular weight is 268 g/mol. The highest BCUT2D eigenvalue weighted by atomic mass is 16.6. The lowest BCUT2D eigenvalue weighted by Gasteiger charge is -2.04. The number of amides is 1. The van der Waals surface area contributed by atoms with Crippen LogP contribution in [0.2, 0.25) is 0 Å². The molecular weight excluding hydrogens is 256 g/mol. The Balaban J connectivity index is 2.60. The van der Waals surface area contributed by atoms with Crippen LogP contribution >= 0.6 is 0 Å². The summed E-state index contributed by atoms with van der Waals surface area (Å²) in [4.78, 5) is 31.5. The van der Waals surface area contributed by atoms with Crippen molar-refractivity contribution in [1.29, 1.82) is 0 Å². The van der Waals surface area contributed by atoms with E-state index in [1.54, 1.807) is 0 Å². The zero-order chi connectivity index (χ0) is 14.4. The third-order valence-electron chi connectivity index (χ3n) is 2.29. The van der Waals surface area contributed by atoms with E-state index in [-0.39, 0.29) is 24.9 Å². The molecule has 19 heavy (non-hydrogen) atoms. The molecule has 0 bridgehead atoms. The highest BCUT2D eigenvalue weighted by Gasteiger charge is 2.15. The van der Waals surface area contributed by atoms with Crippen molar-refractivity contribution in [2.24, 2.45) is 0 Å². The number of carboxylic acid groups (broad SMARTS) is 1. The van der Waals surface area contributed by atoms with Gasteiger partial charge in [-0.05, 0) is 18.6 Å². The molecule has 0 atom stereocenters. The van der Waals surface area contributed by atoms with Gasteiger partial charge in [-0.1, -0.05) is 0 Å². The minimum atomic E-state index is -0.956. The molecule has 1 aromatic rings. The molecule has 0 aromatic heterocycles. The molecule has 0 saturated heterocycles. The Kier molecular flexibility index (Phi) is 4.81. The molecule has 0 unspecified atom stereocenters. The number of aliphatic carboxylic acids is 1. The zero-order valence-electron chi connectivity index (χ0n) is 9.83. The molecule has 8 heteroatoms. The molecule has 0 aliphatic heterocycles. The summed E-state index contributed by atoms with van der Waals surface area (Å²) in [7, 11) is 0. The molecule has 0 aliphatic rings. The van der Waals surface area contributed by atoms with Gasteiger partial charge >= 0.3 is 11.7 Å². The van der Waals surface area contributed by atoms with Crippen LogP contribution in [0, 0.1) is 10.1 Å². The lowest BCUT2D eigenvalue weighted by atomic mass is 10.1. The van der Waals surface area contributed by atoms with Crippen LogP contribution in [0.25, 0.3) is 0 Å². The second-order valence-corrected chi connectivity index (χ2v) is 3.71. The molecule has 1 aromatic carbocycles. The zero-order valence-corrected chi connectivity index (χ0v) is 9.83. The molecule has 3 N–H and O–H groups in total. The predicted octanol–water partition coefficient (Wildman–Crippen LogP) is 0.895. The maximum atomic E-state index is 11.6. The number of benzene rings is 1. The molecule has 0 saturated carbocycles. The van der Waals surface area contributed by atoms with Gasteiger partial charge in [-0.25, -0.2) is 0 Å². The van der Waals surface area contributed by atoms with Gasteiger partial charge in [0.1, 0.15) is 0 Å². The Hall–Kier alpha value is -2.64. The average Bonchev–Trinajstić information content (AvgIpc) is 2.33. The maximum absolute atomic E-state index is 11.6.